The van der Waals surface area contributed by atoms with Crippen LogP contribution in [0.25, 0.3) is 0 Å². The summed E-state index contributed by atoms with van der Waals surface area (Å²) in [6.45, 7) is 2.80. The Balaban J connectivity index is 1.98. The maximum absolute atomic E-state index is 11.5. The maximum atomic E-state index is 11.5. The van der Waals surface area contributed by atoms with Crippen molar-refractivity contribution in [1.82, 2.24) is 10.5 Å². The summed E-state index contributed by atoms with van der Waals surface area (Å²) in [7, 11) is 1.30. The number of nitrogens with zero attached hydrogens (tertiary/aromatic N) is 1. The van der Waals surface area contributed by atoms with Crippen molar-refractivity contribution in [3.05, 3.63) is 5.56 Å². The van der Waals surface area contributed by atoms with Crippen molar-refractivity contribution in [3.63, 3.8) is 0 Å². The lowest BCUT2D eigenvalue weighted by atomic mass is 9.98. The third kappa shape index (κ3) is 2.73. The highest BCUT2D eigenvalue weighted by molar-refractivity contribution is 5.98. The lowest BCUT2D eigenvalue weighted by Crippen LogP contribution is -2.31. The average Bonchev–Trinajstić information content (AvgIpc) is 2.78. The Bertz CT molecular complexity index is 412. The molecule has 0 aromatic carbocycles. The first kappa shape index (κ1) is 12.7. The quantitative estimate of drug-likeness (QED) is 0.670. The van der Waals surface area contributed by atoms with E-state index in [-0.39, 0.29) is 11.4 Å². The molecule has 0 aliphatic carbocycles. The zero-order valence-corrected chi connectivity index (χ0v) is 10.4. The molecule has 7 heteroatoms. The normalized spacial score (nSPS) is 16.5. The van der Waals surface area contributed by atoms with Crippen LogP contribution < -0.4 is 16.4 Å². The molecule has 0 bridgehead atoms. The van der Waals surface area contributed by atoms with Crippen molar-refractivity contribution in [2.24, 2.45) is 5.92 Å². The highest BCUT2D eigenvalue weighted by Gasteiger charge is 2.23. The van der Waals surface area contributed by atoms with Gasteiger partial charge in [0.05, 0.1) is 7.11 Å². The molecular weight excluding hydrogens is 236 g/mol. The van der Waals surface area contributed by atoms with Gasteiger partial charge in [-0.05, 0) is 31.8 Å². The van der Waals surface area contributed by atoms with Crippen molar-refractivity contribution in [2.45, 2.75) is 12.8 Å². The third-order valence-electron chi connectivity index (χ3n) is 3.12. The molecule has 0 spiro atoms. The van der Waals surface area contributed by atoms with E-state index >= 15 is 0 Å². The molecule has 7 nitrogen and oxygen atoms in total. The van der Waals surface area contributed by atoms with E-state index in [1.165, 1.54) is 7.11 Å². The Labute approximate surface area is 105 Å². The summed E-state index contributed by atoms with van der Waals surface area (Å²) in [4.78, 5) is 11.5. The van der Waals surface area contributed by atoms with Gasteiger partial charge in [0.2, 0.25) is 5.88 Å². The summed E-state index contributed by atoms with van der Waals surface area (Å²) in [6.07, 6.45) is 2.21. The van der Waals surface area contributed by atoms with Crippen LogP contribution in [0.1, 0.15) is 23.2 Å². The predicted octanol–water partition coefficient (Wildman–Crippen LogP) is 0.455. The Kier molecular flexibility index (Phi) is 4.03. The van der Waals surface area contributed by atoms with Crippen molar-refractivity contribution in [1.29, 1.82) is 0 Å². The summed E-state index contributed by atoms with van der Waals surface area (Å²) in [5.41, 5.74) is 5.72. The van der Waals surface area contributed by atoms with Gasteiger partial charge in [-0.3, -0.25) is 0 Å². The van der Waals surface area contributed by atoms with Gasteiger partial charge in [-0.25, -0.2) is 4.79 Å². The van der Waals surface area contributed by atoms with Gasteiger partial charge in [0.15, 0.2) is 11.4 Å². The number of nitrogen functional groups attached to an aromatic ring is 1. The Morgan fingerprint density at radius 3 is 3.00 bits per heavy atom. The minimum Gasteiger partial charge on any atom is -0.465 e. The molecule has 0 radical (unpaired) electrons. The van der Waals surface area contributed by atoms with Gasteiger partial charge < -0.3 is 25.6 Å². The molecule has 1 saturated heterocycles. The summed E-state index contributed by atoms with van der Waals surface area (Å²) >= 11 is 0. The van der Waals surface area contributed by atoms with Crippen molar-refractivity contribution in [2.75, 3.05) is 37.8 Å². The second-order valence-electron chi connectivity index (χ2n) is 4.34. The van der Waals surface area contributed by atoms with Gasteiger partial charge in [0.1, 0.15) is 0 Å². The van der Waals surface area contributed by atoms with Crippen molar-refractivity contribution in [3.8, 4) is 0 Å². The van der Waals surface area contributed by atoms with Gasteiger partial charge in [-0.2, -0.15) is 0 Å². The van der Waals surface area contributed by atoms with Crippen molar-refractivity contribution >= 4 is 17.7 Å². The van der Waals surface area contributed by atoms with Gasteiger partial charge in [0, 0.05) is 6.54 Å². The zero-order chi connectivity index (χ0) is 13.0. The molecule has 100 valence electrons. The number of hydrogen-bond donors (Lipinski definition) is 3. The highest BCUT2D eigenvalue weighted by atomic mass is 16.5. The van der Waals surface area contributed by atoms with E-state index in [1.807, 2.05) is 0 Å². The molecular formula is C11H18N4O3. The first-order chi connectivity index (χ1) is 8.72. The number of methoxy groups -OCH3 is 1. The predicted molar refractivity (Wildman–Crippen MR) is 66.3 cm³/mol. The minimum absolute atomic E-state index is 0.0188. The summed E-state index contributed by atoms with van der Waals surface area (Å²) in [5, 5.41) is 10.1. The molecule has 1 aromatic heterocycles. The van der Waals surface area contributed by atoms with Crippen LogP contribution >= 0.6 is 0 Å². The standard InChI is InChI=1S/C11H18N4O3/c1-17-11(16)8-9(12)18-15-10(8)14-6-7-2-4-13-5-3-7/h7,13H,2-6,12H2,1H3,(H,14,15). The zero-order valence-electron chi connectivity index (χ0n) is 10.4. The molecule has 2 rings (SSSR count). The minimum atomic E-state index is -0.540. The van der Waals surface area contributed by atoms with Gasteiger partial charge in [-0.15, -0.1) is 0 Å². The molecule has 0 atom stereocenters. The topological polar surface area (TPSA) is 102 Å². The van der Waals surface area contributed by atoms with E-state index in [9.17, 15) is 4.79 Å². The Hall–Kier alpha value is -1.76. The number of hydrogen-bond acceptors (Lipinski definition) is 7. The van der Waals surface area contributed by atoms with Crippen LogP contribution in [0.5, 0.6) is 0 Å². The molecule has 2 heterocycles. The lowest BCUT2D eigenvalue weighted by molar-refractivity contribution is 0.0602. The second-order valence-corrected chi connectivity index (χ2v) is 4.34. The van der Waals surface area contributed by atoms with Crippen LogP contribution in [0.15, 0.2) is 4.52 Å². The van der Waals surface area contributed by atoms with E-state index in [0.717, 1.165) is 32.5 Å². The van der Waals surface area contributed by atoms with Gasteiger partial charge in [-0.1, -0.05) is 5.16 Å². The molecule has 0 saturated carbocycles. The molecule has 4 N–H and O–H groups in total. The van der Waals surface area contributed by atoms with E-state index < -0.39 is 5.97 Å². The average molecular weight is 254 g/mol. The SMILES string of the molecule is COC(=O)c1c(NCC2CCNCC2)noc1N. The van der Waals surface area contributed by atoms with Gasteiger partial charge in [0.25, 0.3) is 0 Å². The largest absolute Gasteiger partial charge is 0.465 e. The first-order valence-corrected chi connectivity index (χ1v) is 6.00. The number of anilines is 2. The van der Waals surface area contributed by atoms with E-state index in [1.54, 1.807) is 0 Å². The number of nitrogens with two attached hydrogens (primary N) is 1. The Morgan fingerprint density at radius 1 is 1.61 bits per heavy atom. The van der Waals surface area contributed by atoms with E-state index in [2.05, 4.69) is 20.5 Å². The highest BCUT2D eigenvalue weighted by Crippen LogP contribution is 2.23. The number of piperidine rings is 1. The number of nitrogens with one attached hydrogen (secondary N) is 2. The molecule has 1 aliphatic rings. The maximum Gasteiger partial charge on any atom is 0.347 e. The van der Waals surface area contributed by atoms with Crippen LogP contribution in [0.3, 0.4) is 0 Å². The smallest absolute Gasteiger partial charge is 0.347 e. The summed E-state index contributed by atoms with van der Waals surface area (Å²) in [6, 6.07) is 0. The van der Waals surface area contributed by atoms with Crippen LogP contribution in [0.2, 0.25) is 0 Å². The molecule has 1 aliphatic heterocycles. The summed E-state index contributed by atoms with van der Waals surface area (Å²) in [5.74, 6) is 0.365. The molecule has 1 aromatic rings. The molecule has 0 amide bonds. The van der Waals surface area contributed by atoms with E-state index in [4.69, 9.17) is 10.3 Å². The monoisotopic (exact) mass is 254 g/mol. The third-order valence-corrected chi connectivity index (χ3v) is 3.12. The fraction of sp³-hybridized carbons (Fsp3) is 0.636. The Morgan fingerprint density at radius 2 is 2.33 bits per heavy atom. The number of carbonyl (C=O) groups excluding carboxylic acids is 1. The second kappa shape index (κ2) is 5.72. The van der Waals surface area contributed by atoms with Crippen LogP contribution in [0.4, 0.5) is 11.7 Å². The van der Waals surface area contributed by atoms with Crippen LogP contribution in [-0.2, 0) is 4.74 Å². The van der Waals surface area contributed by atoms with Gasteiger partial charge >= 0.3 is 5.97 Å². The lowest BCUT2D eigenvalue weighted by Gasteiger charge is -2.22. The number of ether oxygens (including phenoxy) is 1. The molecule has 1 fully saturated rings. The number of rotatable bonds is 4. The van der Waals surface area contributed by atoms with Crippen LogP contribution in [-0.4, -0.2) is 37.9 Å². The number of esters is 1. The number of aromatic nitrogens is 1. The van der Waals surface area contributed by atoms with E-state index in [0.29, 0.717) is 11.7 Å². The fourth-order valence-electron chi connectivity index (χ4n) is 2.05. The van der Waals surface area contributed by atoms with Crippen LogP contribution in [0, 0.1) is 5.92 Å². The molecule has 0 unspecified atom stereocenters. The molecule has 18 heavy (non-hydrogen) atoms. The summed E-state index contributed by atoms with van der Waals surface area (Å²) < 4.78 is 9.45. The fourth-order valence-corrected chi connectivity index (χ4v) is 2.05. The number of carbonyl (C=O) groups is 1. The van der Waals surface area contributed by atoms with Crippen molar-refractivity contribution < 1.29 is 14.1 Å². The first-order valence-electron chi connectivity index (χ1n) is 6.00.